The quantitative estimate of drug-likeness (QED) is 0.476. The lowest BCUT2D eigenvalue weighted by Crippen LogP contribution is -2.43. The van der Waals surface area contributed by atoms with Crippen LogP contribution in [0.15, 0.2) is 43.0 Å². The molecule has 35 heavy (non-hydrogen) atoms. The molecule has 4 rings (SSSR count). The zero-order chi connectivity index (χ0) is 25.4. The Morgan fingerprint density at radius 3 is 2.34 bits per heavy atom. The minimum atomic E-state index is -4.65. The molecule has 1 aromatic carbocycles. The second-order valence-electron chi connectivity index (χ2n) is 7.81. The molecule has 3 aromatic rings. The van der Waals surface area contributed by atoms with E-state index in [0.717, 1.165) is 11.0 Å². The number of likely N-dealkylation sites (tertiary alicyclic amines) is 1. The molecule has 13 heteroatoms. The highest BCUT2D eigenvalue weighted by Crippen LogP contribution is 2.38. The summed E-state index contributed by atoms with van der Waals surface area (Å²) in [4.78, 5) is 28.9. The molecule has 0 bridgehead atoms. The van der Waals surface area contributed by atoms with Gasteiger partial charge in [0.05, 0.1) is 22.7 Å². The van der Waals surface area contributed by atoms with Crippen molar-refractivity contribution in [1.29, 1.82) is 0 Å². The van der Waals surface area contributed by atoms with E-state index in [4.69, 9.17) is 0 Å². The second kappa shape index (κ2) is 9.19. The van der Waals surface area contributed by atoms with Gasteiger partial charge in [-0.3, -0.25) is 4.79 Å². The highest BCUT2D eigenvalue weighted by atomic mass is 19.4. The first-order chi connectivity index (χ1) is 16.5. The Kier molecular flexibility index (Phi) is 6.43. The largest absolute Gasteiger partial charge is 0.419 e. The first-order valence-electron chi connectivity index (χ1n) is 10.3. The summed E-state index contributed by atoms with van der Waals surface area (Å²) in [6, 6.07) is 1.43. The lowest BCUT2D eigenvalue weighted by Gasteiger charge is -2.28. The molecule has 0 aliphatic carbocycles. The monoisotopic (exact) mass is 499 g/mol. The van der Waals surface area contributed by atoms with Crippen LogP contribution < -0.4 is 0 Å². The van der Waals surface area contributed by atoms with Crippen LogP contribution >= 0.6 is 0 Å². The molecule has 1 saturated heterocycles. The van der Waals surface area contributed by atoms with Gasteiger partial charge in [0.25, 0.3) is 11.8 Å². The van der Waals surface area contributed by atoms with Crippen molar-refractivity contribution >= 4 is 5.91 Å². The number of carbonyl (C=O) groups excluding carboxylic acids is 1. The molecule has 1 aliphatic rings. The maximum Gasteiger partial charge on any atom is 0.419 e. The van der Waals surface area contributed by atoms with E-state index in [1.807, 2.05) is 0 Å². The molecule has 184 valence electrons. The molecular weight excluding hydrogens is 483 g/mol. The van der Waals surface area contributed by atoms with E-state index in [1.54, 1.807) is 0 Å². The predicted molar refractivity (Wildman–Crippen MR) is 107 cm³/mol. The average Bonchev–Trinajstić information content (AvgIpc) is 3.13. The zero-order valence-corrected chi connectivity index (χ0v) is 17.7. The minimum Gasteiger partial charge on any atom is -0.329 e. The van der Waals surface area contributed by atoms with Crippen LogP contribution in [0, 0.1) is 11.6 Å². The van der Waals surface area contributed by atoms with E-state index in [1.165, 1.54) is 18.5 Å². The summed E-state index contributed by atoms with van der Waals surface area (Å²) in [6.07, 6.45) is -2.35. The molecule has 1 atom stereocenters. The van der Waals surface area contributed by atoms with Gasteiger partial charge in [-0.15, -0.1) is 0 Å². The fourth-order valence-electron chi connectivity index (χ4n) is 3.86. The van der Waals surface area contributed by atoms with Crippen LogP contribution in [0.25, 0.3) is 11.4 Å². The van der Waals surface area contributed by atoms with E-state index in [9.17, 15) is 35.5 Å². The molecule has 3 heterocycles. The number of halogens is 7. The second-order valence-corrected chi connectivity index (χ2v) is 7.81. The Morgan fingerprint density at radius 2 is 1.71 bits per heavy atom. The number of hydrogen-bond acceptors (Lipinski definition) is 5. The van der Waals surface area contributed by atoms with Crippen LogP contribution in [0.5, 0.6) is 0 Å². The van der Waals surface area contributed by atoms with Gasteiger partial charge < -0.3 is 4.90 Å². The Hall–Kier alpha value is -3.64. The summed E-state index contributed by atoms with van der Waals surface area (Å²) in [6.45, 7) is -0.377. The van der Waals surface area contributed by atoms with E-state index >= 15 is 0 Å². The lowest BCUT2D eigenvalue weighted by molar-refractivity contribution is -0.138. The van der Waals surface area contributed by atoms with Crippen molar-refractivity contribution in [2.75, 3.05) is 6.54 Å². The third-order valence-corrected chi connectivity index (χ3v) is 5.60. The molecular formula is C22H16F7N5O. The van der Waals surface area contributed by atoms with Crippen molar-refractivity contribution in [2.45, 2.75) is 37.4 Å². The molecule has 2 aromatic heterocycles. The maximum atomic E-state index is 14.7. The van der Waals surface area contributed by atoms with Crippen LogP contribution in [0.1, 0.15) is 34.6 Å². The van der Waals surface area contributed by atoms with E-state index in [0.29, 0.717) is 18.5 Å². The van der Waals surface area contributed by atoms with Crippen molar-refractivity contribution in [3.63, 3.8) is 0 Å². The minimum absolute atomic E-state index is 0.112. The molecule has 0 spiro atoms. The first kappa shape index (κ1) is 24.5. The molecule has 0 N–H and O–H groups in total. The van der Waals surface area contributed by atoms with Gasteiger partial charge in [-0.25, -0.2) is 37.5 Å². The molecule has 6 nitrogen and oxygen atoms in total. The number of alkyl halides is 5. The SMILES string of the molecule is O=C(c1ccc(F)c(F)c1-c1ncccn1)N1CCC(F)(F)[C@H]1CCc1ncc(C(F)(F)F)cn1. The van der Waals surface area contributed by atoms with Gasteiger partial charge in [0.2, 0.25) is 0 Å². The molecule has 1 fully saturated rings. The lowest BCUT2D eigenvalue weighted by atomic mass is 10.0. The summed E-state index contributed by atoms with van der Waals surface area (Å²) >= 11 is 0. The summed E-state index contributed by atoms with van der Waals surface area (Å²) in [5.74, 6) is -7.40. The van der Waals surface area contributed by atoms with Crippen molar-refractivity contribution in [3.05, 3.63) is 71.6 Å². The number of aromatic nitrogens is 4. The van der Waals surface area contributed by atoms with E-state index < -0.39 is 58.8 Å². The maximum absolute atomic E-state index is 14.7. The van der Waals surface area contributed by atoms with Crippen LogP contribution in [-0.2, 0) is 12.6 Å². The normalized spacial score (nSPS) is 17.6. The Morgan fingerprint density at radius 1 is 1.06 bits per heavy atom. The molecule has 0 saturated carbocycles. The number of aryl methyl sites for hydroxylation is 1. The molecule has 0 unspecified atom stereocenters. The predicted octanol–water partition coefficient (Wildman–Crippen LogP) is 4.71. The van der Waals surface area contributed by atoms with Crippen LogP contribution in [-0.4, -0.2) is 49.3 Å². The van der Waals surface area contributed by atoms with E-state index in [-0.39, 0.29) is 31.0 Å². The summed E-state index contributed by atoms with van der Waals surface area (Å²) in [7, 11) is 0. The number of amides is 1. The zero-order valence-electron chi connectivity index (χ0n) is 17.7. The van der Waals surface area contributed by atoms with Gasteiger partial charge in [-0.2, -0.15) is 13.2 Å². The van der Waals surface area contributed by atoms with Crippen LogP contribution in [0.4, 0.5) is 30.7 Å². The van der Waals surface area contributed by atoms with Crippen molar-refractivity contribution in [1.82, 2.24) is 24.8 Å². The Balaban J connectivity index is 1.61. The molecule has 0 radical (unpaired) electrons. The molecule has 1 aliphatic heterocycles. The van der Waals surface area contributed by atoms with Crippen molar-refractivity contribution in [3.8, 4) is 11.4 Å². The van der Waals surface area contributed by atoms with Gasteiger partial charge in [0.1, 0.15) is 5.82 Å². The number of hydrogen-bond donors (Lipinski definition) is 0. The summed E-state index contributed by atoms with van der Waals surface area (Å²) in [5, 5.41) is 0. The molecule has 1 amide bonds. The third kappa shape index (κ3) is 4.93. The number of benzene rings is 1. The third-order valence-electron chi connectivity index (χ3n) is 5.60. The Labute approximate surface area is 193 Å². The van der Waals surface area contributed by atoms with E-state index in [2.05, 4.69) is 19.9 Å². The van der Waals surface area contributed by atoms with Crippen molar-refractivity contribution in [2.24, 2.45) is 0 Å². The topological polar surface area (TPSA) is 71.9 Å². The number of carbonyl (C=O) groups is 1. The van der Waals surface area contributed by atoms with Gasteiger partial charge in [0, 0.05) is 44.2 Å². The fraction of sp³-hybridized carbons (Fsp3) is 0.318. The van der Waals surface area contributed by atoms with Crippen LogP contribution in [0.2, 0.25) is 0 Å². The fourth-order valence-corrected chi connectivity index (χ4v) is 3.86. The van der Waals surface area contributed by atoms with Gasteiger partial charge in [-0.1, -0.05) is 0 Å². The summed E-state index contributed by atoms with van der Waals surface area (Å²) in [5.41, 5.74) is -2.04. The smallest absolute Gasteiger partial charge is 0.329 e. The highest BCUT2D eigenvalue weighted by Gasteiger charge is 2.50. The Bertz CT molecular complexity index is 1220. The standard InChI is InChI=1S/C22H16F7N5O/c23-14-3-2-13(17(18(14)24)19-30-7-1-8-31-19)20(35)34-9-6-21(25,26)15(34)4-5-16-32-10-12(11-33-16)22(27,28)29/h1-3,7-8,10-11,15H,4-6,9H2/t15-/m1/s1. The van der Waals surface area contributed by atoms with Crippen LogP contribution in [0.3, 0.4) is 0 Å². The summed E-state index contributed by atoms with van der Waals surface area (Å²) < 4.78 is 96.0. The average molecular weight is 499 g/mol. The van der Waals surface area contributed by atoms with Gasteiger partial charge in [-0.05, 0) is 24.6 Å². The number of rotatable bonds is 5. The van der Waals surface area contributed by atoms with Gasteiger partial charge >= 0.3 is 6.18 Å². The number of nitrogens with zero attached hydrogens (tertiary/aromatic N) is 5. The first-order valence-corrected chi connectivity index (χ1v) is 10.3. The van der Waals surface area contributed by atoms with Crippen molar-refractivity contribution < 1.29 is 35.5 Å². The van der Waals surface area contributed by atoms with Gasteiger partial charge in [0.15, 0.2) is 17.5 Å². The highest BCUT2D eigenvalue weighted by molar-refractivity contribution is 6.00.